The van der Waals surface area contributed by atoms with Crippen LogP contribution in [0.5, 0.6) is 5.75 Å². The molecule has 0 saturated heterocycles. The van der Waals surface area contributed by atoms with Gasteiger partial charge in [0.1, 0.15) is 5.75 Å². The quantitative estimate of drug-likeness (QED) is 0.708. The topological polar surface area (TPSA) is 78.4 Å². The summed E-state index contributed by atoms with van der Waals surface area (Å²) in [4.78, 5) is 2.33. The maximum atomic E-state index is 12.1. The van der Waals surface area contributed by atoms with Gasteiger partial charge in [0.15, 0.2) is 0 Å². The Morgan fingerprint density at radius 3 is 2.33 bits per heavy atom. The third kappa shape index (κ3) is 3.84. The Morgan fingerprint density at radius 1 is 1.10 bits per heavy atom. The molecule has 0 saturated carbocycles. The normalized spacial score (nSPS) is 11.1. The molecule has 0 spiro atoms. The van der Waals surface area contributed by atoms with Gasteiger partial charge in [-0.2, -0.15) is 0 Å². The number of benzene rings is 2. The lowest BCUT2D eigenvalue weighted by molar-refractivity contribution is 0.473. The van der Waals surface area contributed by atoms with Crippen molar-refractivity contribution in [1.29, 1.82) is 0 Å². The highest BCUT2D eigenvalue weighted by Gasteiger charge is 2.14. The Bertz CT molecular complexity index is 758. The van der Waals surface area contributed by atoms with Gasteiger partial charge in [0.2, 0.25) is 0 Å². The van der Waals surface area contributed by atoms with Crippen LogP contribution in [0.4, 0.5) is 0 Å². The molecule has 0 radical (unpaired) electrons. The van der Waals surface area contributed by atoms with E-state index in [-0.39, 0.29) is 16.3 Å². The Balaban J connectivity index is 2.10. The van der Waals surface area contributed by atoms with Crippen LogP contribution in [-0.2, 0) is 10.0 Å². The van der Waals surface area contributed by atoms with Crippen LogP contribution in [0.1, 0.15) is 5.56 Å². The number of para-hydroxylation sites is 1. The van der Waals surface area contributed by atoms with Crippen molar-refractivity contribution in [3.63, 3.8) is 0 Å². The highest BCUT2D eigenvalue weighted by molar-refractivity contribution is 9.10. The minimum Gasteiger partial charge on any atom is -0.507 e. The zero-order chi connectivity index (χ0) is 15.5. The average Bonchev–Trinajstić information content (AvgIpc) is 2.46. The Kier molecular flexibility index (Phi) is 4.66. The molecule has 7 heteroatoms. The lowest BCUT2D eigenvalue weighted by Gasteiger charge is -2.12. The second-order valence-corrected chi connectivity index (χ2v) is 6.78. The average molecular weight is 369 g/mol. The number of halogens is 1. The van der Waals surface area contributed by atoms with Crippen molar-refractivity contribution < 1.29 is 13.5 Å². The van der Waals surface area contributed by atoms with E-state index in [1.807, 2.05) is 0 Å². The van der Waals surface area contributed by atoms with Crippen molar-refractivity contribution >= 4 is 31.7 Å². The molecule has 5 nitrogen and oxygen atoms in total. The highest BCUT2D eigenvalue weighted by Crippen LogP contribution is 2.21. The molecule has 110 valence electrons. The van der Waals surface area contributed by atoms with E-state index in [1.165, 1.54) is 18.2 Å². The minimum atomic E-state index is -3.72. The molecule has 0 unspecified atom stereocenters. The van der Waals surface area contributed by atoms with Crippen molar-refractivity contribution in [2.45, 2.75) is 4.90 Å². The largest absolute Gasteiger partial charge is 0.507 e. The molecular formula is C14H13BrN2O3S. The first-order valence-electron chi connectivity index (χ1n) is 5.91. The predicted octanol–water partition coefficient (Wildman–Crippen LogP) is 2.61. The number of hydrogen-bond donors (Lipinski definition) is 3. The molecular weight excluding hydrogens is 356 g/mol. The number of phenolic OH excluding ortho intramolecular Hbond substituents is 1. The van der Waals surface area contributed by atoms with Gasteiger partial charge in [-0.05, 0) is 36.4 Å². The van der Waals surface area contributed by atoms with Gasteiger partial charge in [-0.1, -0.05) is 34.6 Å². The standard InChI is InChI=1S/C14H13BrN2O3S/c1-10(13-4-2-3-5-14(13)18)16-17-21(19,20)12-8-6-11(15)7-9-12/h2-9,16-18H,1H2. The van der Waals surface area contributed by atoms with E-state index in [4.69, 9.17) is 0 Å². The summed E-state index contributed by atoms with van der Waals surface area (Å²) >= 11 is 3.24. The molecule has 2 aromatic carbocycles. The first kappa shape index (κ1) is 15.6. The Labute approximate surface area is 131 Å². The predicted molar refractivity (Wildman–Crippen MR) is 84.7 cm³/mol. The fourth-order valence-electron chi connectivity index (χ4n) is 1.60. The molecule has 0 fully saturated rings. The third-order valence-corrected chi connectivity index (χ3v) is 4.48. The van der Waals surface area contributed by atoms with Crippen molar-refractivity contribution in [3.05, 3.63) is 65.1 Å². The summed E-state index contributed by atoms with van der Waals surface area (Å²) in [6.45, 7) is 3.69. The van der Waals surface area contributed by atoms with Crippen molar-refractivity contribution in [3.8, 4) is 5.75 Å². The van der Waals surface area contributed by atoms with E-state index in [2.05, 4.69) is 32.8 Å². The van der Waals surface area contributed by atoms with Crippen molar-refractivity contribution in [2.75, 3.05) is 0 Å². The van der Waals surface area contributed by atoms with Gasteiger partial charge in [-0.25, -0.2) is 8.42 Å². The zero-order valence-corrected chi connectivity index (χ0v) is 13.3. The fraction of sp³-hybridized carbons (Fsp3) is 0. The van der Waals surface area contributed by atoms with E-state index in [0.717, 1.165) is 4.47 Å². The molecule has 21 heavy (non-hydrogen) atoms. The van der Waals surface area contributed by atoms with Crippen LogP contribution in [-0.4, -0.2) is 13.5 Å². The van der Waals surface area contributed by atoms with Crippen LogP contribution >= 0.6 is 15.9 Å². The molecule has 0 aromatic heterocycles. The number of aromatic hydroxyl groups is 1. The van der Waals surface area contributed by atoms with Crippen molar-refractivity contribution in [1.82, 2.24) is 10.3 Å². The number of hydrogen-bond acceptors (Lipinski definition) is 4. The SMILES string of the molecule is C=C(NNS(=O)(=O)c1ccc(Br)cc1)c1ccccc1O. The fourth-order valence-corrected chi connectivity index (χ4v) is 2.73. The number of rotatable bonds is 5. The van der Waals surface area contributed by atoms with E-state index < -0.39 is 10.0 Å². The first-order valence-corrected chi connectivity index (χ1v) is 8.18. The van der Waals surface area contributed by atoms with Gasteiger partial charge in [0.05, 0.1) is 10.6 Å². The number of hydrazine groups is 1. The summed E-state index contributed by atoms with van der Waals surface area (Å²) in [5.74, 6) is 0.0119. The Hall–Kier alpha value is -1.83. The molecule has 0 aliphatic carbocycles. The zero-order valence-electron chi connectivity index (χ0n) is 10.9. The molecule has 0 amide bonds. The third-order valence-electron chi connectivity index (χ3n) is 2.69. The maximum Gasteiger partial charge on any atom is 0.257 e. The number of nitrogens with one attached hydrogen (secondary N) is 2. The van der Waals surface area contributed by atoms with Crippen LogP contribution in [0.25, 0.3) is 5.70 Å². The molecule has 0 atom stereocenters. The molecule has 0 aliphatic heterocycles. The highest BCUT2D eigenvalue weighted by atomic mass is 79.9. The summed E-state index contributed by atoms with van der Waals surface area (Å²) in [5.41, 5.74) is 3.15. The van der Waals surface area contributed by atoms with Gasteiger partial charge < -0.3 is 10.5 Å². The van der Waals surface area contributed by atoms with Crippen LogP contribution in [0.15, 0.2) is 64.5 Å². The van der Waals surface area contributed by atoms with Gasteiger partial charge in [0, 0.05) is 10.0 Å². The maximum absolute atomic E-state index is 12.1. The van der Waals surface area contributed by atoms with Crippen LogP contribution in [0.2, 0.25) is 0 Å². The van der Waals surface area contributed by atoms with E-state index in [1.54, 1.807) is 30.3 Å². The van der Waals surface area contributed by atoms with Gasteiger partial charge >= 0.3 is 0 Å². The van der Waals surface area contributed by atoms with Gasteiger partial charge in [-0.15, -0.1) is 4.83 Å². The van der Waals surface area contributed by atoms with Crippen LogP contribution in [0.3, 0.4) is 0 Å². The molecule has 2 rings (SSSR count). The lowest BCUT2D eigenvalue weighted by atomic mass is 10.1. The van der Waals surface area contributed by atoms with E-state index >= 15 is 0 Å². The first-order chi connectivity index (χ1) is 9.90. The minimum absolute atomic E-state index is 0.0119. The molecule has 2 aromatic rings. The van der Waals surface area contributed by atoms with Crippen LogP contribution in [0, 0.1) is 0 Å². The summed E-state index contributed by atoms with van der Waals surface area (Å²) in [7, 11) is -3.72. The van der Waals surface area contributed by atoms with E-state index in [0.29, 0.717) is 5.56 Å². The summed E-state index contributed by atoms with van der Waals surface area (Å²) < 4.78 is 24.9. The molecule has 0 aliphatic rings. The number of sulfonamides is 1. The van der Waals surface area contributed by atoms with Crippen molar-refractivity contribution in [2.24, 2.45) is 0 Å². The molecule has 0 heterocycles. The number of phenols is 1. The Morgan fingerprint density at radius 2 is 1.71 bits per heavy atom. The smallest absolute Gasteiger partial charge is 0.257 e. The lowest BCUT2D eigenvalue weighted by Crippen LogP contribution is -2.35. The second kappa shape index (κ2) is 6.30. The van der Waals surface area contributed by atoms with Gasteiger partial charge in [-0.3, -0.25) is 0 Å². The summed E-state index contributed by atoms with van der Waals surface area (Å²) in [6.07, 6.45) is 0. The second-order valence-electron chi connectivity index (χ2n) is 4.18. The van der Waals surface area contributed by atoms with Gasteiger partial charge in [0.25, 0.3) is 10.0 Å². The summed E-state index contributed by atoms with van der Waals surface area (Å²) in [6, 6.07) is 12.7. The molecule has 3 N–H and O–H groups in total. The summed E-state index contributed by atoms with van der Waals surface area (Å²) in [5, 5.41) is 9.67. The van der Waals surface area contributed by atoms with E-state index in [9.17, 15) is 13.5 Å². The molecule has 0 bridgehead atoms. The monoisotopic (exact) mass is 368 g/mol. The van der Waals surface area contributed by atoms with Crippen LogP contribution < -0.4 is 10.3 Å².